The summed E-state index contributed by atoms with van der Waals surface area (Å²) in [4.78, 5) is 17.8. The molecule has 0 radical (unpaired) electrons. The van der Waals surface area contributed by atoms with Crippen LogP contribution in [0.15, 0.2) is 77.1 Å². The fourth-order valence-corrected chi connectivity index (χ4v) is 5.02. The Hall–Kier alpha value is -3.27. The highest BCUT2D eigenvalue weighted by atomic mass is 32.2. The molecule has 4 rings (SSSR count). The second-order valence-corrected chi connectivity index (χ2v) is 9.35. The summed E-state index contributed by atoms with van der Waals surface area (Å²) in [5.74, 6) is -0.0287. The number of ether oxygens (including phenoxy) is 1. The van der Waals surface area contributed by atoms with E-state index in [0.717, 1.165) is 16.3 Å². The number of nitrogens with two attached hydrogens (primary N) is 1. The predicted molar refractivity (Wildman–Crippen MR) is 122 cm³/mol. The minimum atomic E-state index is -3.84. The van der Waals surface area contributed by atoms with Crippen molar-refractivity contribution < 1.29 is 17.9 Å². The number of rotatable bonds is 5. The van der Waals surface area contributed by atoms with E-state index < -0.39 is 15.9 Å². The molecule has 9 heteroatoms. The van der Waals surface area contributed by atoms with E-state index in [1.807, 2.05) is 24.3 Å². The molecule has 0 saturated carbocycles. The average Bonchev–Trinajstić information content (AvgIpc) is 3.08. The summed E-state index contributed by atoms with van der Waals surface area (Å²) in [5, 5.41) is 7.10. The number of amides is 1. The van der Waals surface area contributed by atoms with Crippen LogP contribution in [0.5, 0.6) is 5.75 Å². The van der Waals surface area contributed by atoms with Crippen LogP contribution < -0.4 is 14.7 Å². The number of methoxy groups -OCH3 is 1. The van der Waals surface area contributed by atoms with Crippen molar-refractivity contribution in [1.82, 2.24) is 4.57 Å². The topological polar surface area (TPSA) is 104 Å². The van der Waals surface area contributed by atoms with Crippen LogP contribution in [-0.2, 0) is 16.6 Å². The van der Waals surface area contributed by atoms with Crippen LogP contribution in [0.3, 0.4) is 0 Å². The number of nitrogens with zero attached hydrogens (tertiary/aromatic N) is 2. The van der Waals surface area contributed by atoms with Crippen LogP contribution in [0.25, 0.3) is 21.0 Å². The molecule has 0 aliphatic carbocycles. The van der Waals surface area contributed by atoms with E-state index in [4.69, 9.17) is 9.88 Å². The van der Waals surface area contributed by atoms with Crippen LogP contribution in [0.1, 0.15) is 10.4 Å². The van der Waals surface area contributed by atoms with Gasteiger partial charge in [0.25, 0.3) is 5.91 Å². The number of carbonyl (C=O) groups is 1. The van der Waals surface area contributed by atoms with Gasteiger partial charge in [-0.1, -0.05) is 41.7 Å². The summed E-state index contributed by atoms with van der Waals surface area (Å²) in [6, 6.07) is 15.8. The Kier molecular flexibility index (Phi) is 5.48. The van der Waals surface area contributed by atoms with Gasteiger partial charge in [0.05, 0.1) is 27.8 Å². The Bertz CT molecular complexity index is 1520. The molecule has 1 aromatic heterocycles. The van der Waals surface area contributed by atoms with Gasteiger partial charge in [0.15, 0.2) is 4.80 Å². The largest absolute Gasteiger partial charge is 0.496 e. The molecule has 7 nitrogen and oxygen atoms in total. The highest BCUT2D eigenvalue weighted by molar-refractivity contribution is 7.89. The van der Waals surface area contributed by atoms with Gasteiger partial charge in [-0.3, -0.25) is 4.79 Å². The SMILES string of the molecule is C=CCn1c(=NC(=O)c2cc3ccccc3cc2OC)sc2cc(S(N)(=O)=O)ccc21. The Morgan fingerprint density at radius 1 is 1.19 bits per heavy atom. The zero-order valence-electron chi connectivity index (χ0n) is 16.6. The Balaban J connectivity index is 1.90. The number of hydrogen-bond acceptors (Lipinski definition) is 5. The molecule has 1 heterocycles. The fourth-order valence-electron chi connectivity index (χ4n) is 3.32. The number of carbonyl (C=O) groups excluding carboxylic acids is 1. The molecule has 0 atom stereocenters. The number of hydrogen-bond donors (Lipinski definition) is 1. The molecule has 0 bridgehead atoms. The van der Waals surface area contributed by atoms with Crippen molar-refractivity contribution >= 4 is 48.3 Å². The smallest absolute Gasteiger partial charge is 0.283 e. The van der Waals surface area contributed by atoms with Crippen molar-refractivity contribution in [3.05, 3.63) is 77.6 Å². The minimum Gasteiger partial charge on any atom is -0.496 e. The van der Waals surface area contributed by atoms with Crippen LogP contribution in [-0.4, -0.2) is 26.0 Å². The lowest BCUT2D eigenvalue weighted by Gasteiger charge is -2.08. The first-order valence-electron chi connectivity index (χ1n) is 9.25. The average molecular weight is 454 g/mol. The molecule has 0 spiro atoms. The van der Waals surface area contributed by atoms with Crippen molar-refractivity contribution in [2.75, 3.05) is 7.11 Å². The summed E-state index contributed by atoms with van der Waals surface area (Å²) in [6.07, 6.45) is 1.68. The summed E-state index contributed by atoms with van der Waals surface area (Å²) in [6.45, 7) is 4.16. The van der Waals surface area contributed by atoms with E-state index in [-0.39, 0.29) is 4.90 Å². The van der Waals surface area contributed by atoms with E-state index in [1.54, 1.807) is 28.8 Å². The summed E-state index contributed by atoms with van der Waals surface area (Å²) in [7, 11) is -2.34. The Morgan fingerprint density at radius 3 is 2.55 bits per heavy atom. The molecule has 0 aliphatic heterocycles. The Morgan fingerprint density at radius 2 is 1.90 bits per heavy atom. The van der Waals surface area contributed by atoms with Crippen molar-refractivity contribution in [2.24, 2.45) is 10.1 Å². The lowest BCUT2D eigenvalue weighted by atomic mass is 10.1. The van der Waals surface area contributed by atoms with E-state index >= 15 is 0 Å². The summed E-state index contributed by atoms with van der Waals surface area (Å²) >= 11 is 1.20. The van der Waals surface area contributed by atoms with Gasteiger partial charge in [-0.25, -0.2) is 13.6 Å². The summed E-state index contributed by atoms with van der Waals surface area (Å²) < 4.78 is 31.3. The molecule has 31 heavy (non-hydrogen) atoms. The van der Waals surface area contributed by atoms with E-state index in [2.05, 4.69) is 11.6 Å². The molecule has 1 amide bonds. The number of primary sulfonamides is 1. The lowest BCUT2D eigenvalue weighted by molar-refractivity contribution is 0.0995. The number of thiazole rings is 1. The highest BCUT2D eigenvalue weighted by Gasteiger charge is 2.16. The first kappa shape index (κ1) is 21.0. The van der Waals surface area contributed by atoms with Gasteiger partial charge in [0, 0.05) is 6.54 Å². The molecule has 0 unspecified atom stereocenters. The number of aromatic nitrogens is 1. The maximum Gasteiger partial charge on any atom is 0.283 e. The van der Waals surface area contributed by atoms with Crippen molar-refractivity contribution in [3.63, 3.8) is 0 Å². The van der Waals surface area contributed by atoms with Gasteiger partial charge in [-0.2, -0.15) is 4.99 Å². The van der Waals surface area contributed by atoms with Gasteiger partial charge in [-0.05, 0) is 41.1 Å². The van der Waals surface area contributed by atoms with Gasteiger partial charge >= 0.3 is 0 Å². The van der Waals surface area contributed by atoms with Crippen LogP contribution in [0.4, 0.5) is 0 Å². The quantitative estimate of drug-likeness (QED) is 0.468. The molecule has 0 saturated heterocycles. The van der Waals surface area contributed by atoms with Crippen molar-refractivity contribution in [3.8, 4) is 5.75 Å². The monoisotopic (exact) mass is 453 g/mol. The lowest BCUT2D eigenvalue weighted by Crippen LogP contribution is -2.16. The molecule has 158 valence electrons. The third-order valence-corrected chi connectivity index (χ3v) is 6.74. The molecule has 0 aliphatic rings. The molecular formula is C22H19N3O4S2. The number of allylic oxidation sites excluding steroid dienone is 1. The van der Waals surface area contributed by atoms with E-state index in [9.17, 15) is 13.2 Å². The highest BCUT2D eigenvalue weighted by Crippen LogP contribution is 2.27. The number of benzene rings is 3. The van der Waals surface area contributed by atoms with E-state index in [1.165, 1.54) is 30.6 Å². The molecule has 0 fully saturated rings. The van der Waals surface area contributed by atoms with Gasteiger partial charge in [-0.15, -0.1) is 6.58 Å². The maximum absolute atomic E-state index is 13.1. The fraction of sp³-hybridized carbons (Fsp3) is 0.0909. The maximum atomic E-state index is 13.1. The van der Waals surface area contributed by atoms with Crippen molar-refractivity contribution in [2.45, 2.75) is 11.4 Å². The van der Waals surface area contributed by atoms with Gasteiger partial charge in [0.2, 0.25) is 10.0 Å². The zero-order valence-corrected chi connectivity index (χ0v) is 18.2. The first-order valence-corrected chi connectivity index (χ1v) is 11.6. The van der Waals surface area contributed by atoms with Gasteiger partial charge < -0.3 is 9.30 Å². The Labute approximate surface area is 182 Å². The zero-order chi connectivity index (χ0) is 22.2. The normalized spacial score (nSPS) is 12.4. The third kappa shape index (κ3) is 4.02. The van der Waals surface area contributed by atoms with Crippen LogP contribution in [0.2, 0.25) is 0 Å². The first-order chi connectivity index (χ1) is 14.8. The summed E-state index contributed by atoms with van der Waals surface area (Å²) in [5.41, 5.74) is 1.07. The second-order valence-electron chi connectivity index (χ2n) is 6.78. The van der Waals surface area contributed by atoms with Gasteiger partial charge in [0.1, 0.15) is 5.75 Å². The molecule has 3 aromatic carbocycles. The number of sulfonamides is 1. The standard InChI is InChI=1S/C22H19N3O4S2/c1-3-10-25-18-9-8-16(31(23,27)28)13-20(18)30-22(25)24-21(26)17-11-14-6-4-5-7-15(14)12-19(17)29-2/h3-9,11-13H,1,10H2,2H3,(H2,23,27,28). The second kappa shape index (κ2) is 8.10. The van der Waals surface area contributed by atoms with Crippen molar-refractivity contribution in [1.29, 1.82) is 0 Å². The molecule has 2 N–H and O–H groups in total. The minimum absolute atomic E-state index is 0.000998. The molecular weight excluding hydrogens is 434 g/mol. The third-order valence-electron chi connectivity index (χ3n) is 4.79. The number of fused-ring (bicyclic) bond motifs is 2. The van der Waals surface area contributed by atoms with E-state index in [0.29, 0.717) is 27.4 Å². The van der Waals surface area contributed by atoms with Crippen LogP contribution in [0, 0.1) is 0 Å². The van der Waals surface area contributed by atoms with Crippen LogP contribution >= 0.6 is 11.3 Å². The molecule has 4 aromatic rings. The predicted octanol–water partition coefficient (Wildman–Crippen LogP) is 3.44.